The lowest BCUT2D eigenvalue weighted by atomic mass is 10.2. The molecule has 0 saturated carbocycles. The van der Waals surface area contributed by atoms with Crippen molar-refractivity contribution in [1.29, 1.82) is 0 Å². The highest BCUT2D eigenvalue weighted by molar-refractivity contribution is 7.51. The Balaban J connectivity index is 2.93. The van der Waals surface area contributed by atoms with E-state index in [1.165, 1.54) is 0 Å². The highest BCUT2D eigenvalue weighted by atomic mass is 31.2. The third-order valence-corrected chi connectivity index (χ3v) is 4.57. The first-order chi connectivity index (χ1) is 7.85. The van der Waals surface area contributed by atoms with Crippen molar-refractivity contribution in [1.82, 2.24) is 4.67 Å². The van der Waals surface area contributed by atoms with Crippen molar-refractivity contribution in [3.63, 3.8) is 0 Å². The maximum absolute atomic E-state index is 12.8. The summed E-state index contributed by atoms with van der Waals surface area (Å²) in [7, 11) is -3.27. The van der Waals surface area contributed by atoms with E-state index in [1.807, 2.05) is 52.8 Å². The zero-order valence-corrected chi connectivity index (χ0v) is 12.1. The summed E-state index contributed by atoms with van der Waals surface area (Å²) in [4.78, 5) is 0. The Hall–Kier alpha value is -0.570. The highest BCUT2D eigenvalue weighted by Gasteiger charge is 2.36. The van der Waals surface area contributed by atoms with Gasteiger partial charge in [-0.05, 0) is 40.7 Å². The Morgan fingerprint density at radius 2 is 1.65 bits per heavy atom. The van der Waals surface area contributed by atoms with Gasteiger partial charge in [-0.3, -0.25) is 13.7 Å². The minimum Gasteiger partial charge on any atom is -0.289 e. The van der Waals surface area contributed by atoms with Gasteiger partial charge in [0.05, 0.1) is 18.2 Å². The molecule has 1 unspecified atom stereocenters. The first kappa shape index (κ1) is 14.5. The van der Waals surface area contributed by atoms with Crippen molar-refractivity contribution < 1.29 is 13.6 Å². The van der Waals surface area contributed by atoms with Gasteiger partial charge in [0.2, 0.25) is 0 Å². The molecule has 0 N–H and O–H groups in total. The van der Waals surface area contributed by atoms with Crippen LogP contribution in [0.3, 0.4) is 0 Å². The fraction of sp³-hybridized carbons (Fsp3) is 0.667. The second kappa shape index (κ2) is 5.85. The summed E-state index contributed by atoms with van der Waals surface area (Å²) in [6.45, 7) is 9.37. The molecule has 0 spiro atoms. The number of nitrogens with zero attached hydrogens (tertiary/aromatic N) is 1. The molecule has 0 bridgehead atoms. The van der Waals surface area contributed by atoms with Gasteiger partial charge in [0.15, 0.2) is 0 Å². The third kappa shape index (κ3) is 3.98. The lowest BCUT2D eigenvalue weighted by molar-refractivity contribution is 0.112. The fourth-order valence-corrected chi connectivity index (χ4v) is 3.65. The van der Waals surface area contributed by atoms with Crippen LogP contribution >= 0.6 is 7.75 Å². The zero-order chi connectivity index (χ0) is 13.1. The van der Waals surface area contributed by atoms with Gasteiger partial charge in [-0.1, -0.05) is 12.2 Å². The summed E-state index contributed by atoms with van der Waals surface area (Å²) in [6.07, 6.45) is 7.18. The largest absolute Gasteiger partial charge is 0.435 e. The average Bonchev–Trinajstić information content (AvgIpc) is 2.15. The summed E-state index contributed by atoms with van der Waals surface area (Å²) in [5.74, 6) is 0. The third-order valence-electron chi connectivity index (χ3n) is 2.13. The van der Waals surface area contributed by atoms with Gasteiger partial charge >= 0.3 is 7.75 Å². The molecule has 0 radical (unpaired) electrons. The van der Waals surface area contributed by atoms with Crippen molar-refractivity contribution >= 4 is 7.75 Å². The van der Waals surface area contributed by atoms with Crippen LogP contribution < -0.4 is 0 Å². The highest BCUT2D eigenvalue weighted by Crippen LogP contribution is 2.55. The van der Waals surface area contributed by atoms with Crippen molar-refractivity contribution in [2.45, 2.75) is 52.9 Å². The molecule has 4 nitrogen and oxygen atoms in total. The Bertz CT molecular complexity index is 336. The second-order valence-electron chi connectivity index (χ2n) is 4.62. The molecule has 5 heteroatoms. The molecule has 98 valence electrons. The molecule has 0 aromatic rings. The van der Waals surface area contributed by atoms with Gasteiger partial charge in [-0.2, -0.15) is 0 Å². The molecule has 0 aliphatic carbocycles. The Kier molecular flexibility index (Phi) is 4.99. The van der Waals surface area contributed by atoms with E-state index in [-0.39, 0.29) is 18.2 Å². The molecule has 1 aliphatic heterocycles. The van der Waals surface area contributed by atoms with E-state index in [1.54, 1.807) is 10.9 Å². The zero-order valence-electron chi connectivity index (χ0n) is 11.2. The molecule has 0 amide bonds. The monoisotopic (exact) mass is 259 g/mol. The van der Waals surface area contributed by atoms with Crippen molar-refractivity contribution in [2.24, 2.45) is 0 Å². The van der Waals surface area contributed by atoms with E-state index in [4.69, 9.17) is 9.05 Å². The van der Waals surface area contributed by atoms with E-state index >= 15 is 0 Å². The normalized spacial score (nSPS) is 20.6. The van der Waals surface area contributed by atoms with E-state index in [0.29, 0.717) is 0 Å². The SMILES string of the molecule is CC(C)OP(=O)(OC(C)C)N1C=CC=CC1C. The predicted octanol–water partition coefficient (Wildman–Crippen LogP) is 3.72. The summed E-state index contributed by atoms with van der Waals surface area (Å²) in [5.41, 5.74) is 0. The molecule has 1 rings (SSSR count). The first-order valence-electron chi connectivity index (χ1n) is 5.96. The van der Waals surface area contributed by atoms with Crippen LogP contribution in [0.15, 0.2) is 24.4 Å². The number of rotatable bonds is 5. The number of hydrogen-bond donors (Lipinski definition) is 0. The molecular weight excluding hydrogens is 237 g/mol. The number of hydrogen-bond acceptors (Lipinski definition) is 3. The molecule has 17 heavy (non-hydrogen) atoms. The van der Waals surface area contributed by atoms with E-state index in [0.717, 1.165) is 0 Å². The van der Waals surface area contributed by atoms with Crippen LogP contribution in [0.1, 0.15) is 34.6 Å². The van der Waals surface area contributed by atoms with Crippen LogP contribution in [-0.2, 0) is 13.6 Å². The van der Waals surface area contributed by atoms with Gasteiger partial charge in [-0.15, -0.1) is 0 Å². The maximum atomic E-state index is 12.8. The summed E-state index contributed by atoms with van der Waals surface area (Å²) < 4.78 is 25.5. The molecule has 1 heterocycles. The molecule has 0 fully saturated rings. The molecule has 0 aromatic carbocycles. The lowest BCUT2D eigenvalue weighted by Crippen LogP contribution is -2.29. The van der Waals surface area contributed by atoms with Crippen LogP contribution in [0.2, 0.25) is 0 Å². The van der Waals surface area contributed by atoms with E-state index in [2.05, 4.69) is 0 Å². The van der Waals surface area contributed by atoms with Crippen LogP contribution in [0.5, 0.6) is 0 Å². The summed E-state index contributed by atoms with van der Waals surface area (Å²) in [5, 5.41) is 0. The van der Waals surface area contributed by atoms with Crippen LogP contribution in [-0.4, -0.2) is 22.9 Å². The average molecular weight is 259 g/mol. The predicted molar refractivity (Wildman–Crippen MR) is 69.6 cm³/mol. The first-order valence-corrected chi connectivity index (χ1v) is 7.45. The molecule has 1 atom stereocenters. The van der Waals surface area contributed by atoms with Crippen LogP contribution in [0, 0.1) is 0 Å². The van der Waals surface area contributed by atoms with Gasteiger partial charge in [0, 0.05) is 6.20 Å². The maximum Gasteiger partial charge on any atom is 0.435 e. The molecule has 1 aliphatic rings. The smallest absolute Gasteiger partial charge is 0.289 e. The Morgan fingerprint density at radius 3 is 2.06 bits per heavy atom. The molecular formula is C12H22NO3P. The van der Waals surface area contributed by atoms with Crippen molar-refractivity contribution in [3.05, 3.63) is 24.4 Å². The summed E-state index contributed by atoms with van der Waals surface area (Å²) in [6, 6.07) is 0.00309. The van der Waals surface area contributed by atoms with Gasteiger partial charge in [-0.25, -0.2) is 4.57 Å². The minimum atomic E-state index is -3.27. The number of allylic oxidation sites excluding steroid dienone is 2. The Labute approximate surface area is 104 Å². The lowest BCUT2D eigenvalue weighted by Gasteiger charge is -2.35. The van der Waals surface area contributed by atoms with E-state index in [9.17, 15) is 4.57 Å². The fourth-order valence-electron chi connectivity index (χ4n) is 1.56. The van der Waals surface area contributed by atoms with Gasteiger partial charge in [0.1, 0.15) is 0 Å². The second-order valence-corrected chi connectivity index (χ2v) is 6.44. The minimum absolute atomic E-state index is 0.00309. The van der Waals surface area contributed by atoms with Crippen LogP contribution in [0.4, 0.5) is 0 Å². The summed E-state index contributed by atoms with van der Waals surface area (Å²) >= 11 is 0. The molecule has 0 aromatic heterocycles. The topological polar surface area (TPSA) is 38.8 Å². The van der Waals surface area contributed by atoms with Gasteiger partial charge in [0.25, 0.3) is 0 Å². The van der Waals surface area contributed by atoms with Gasteiger partial charge < -0.3 is 0 Å². The van der Waals surface area contributed by atoms with Crippen LogP contribution in [0.25, 0.3) is 0 Å². The quantitative estimate of drug-likeness (QED) is 0.705. The van der Waals surface area contributed by atoms with E-state index < -0.39 is 7.75 Å². The Morgan fingerprint density at radius 1 is 1.12 bits per heavy atom. The van der Waals surface area contributed by atoms with Crippen molar-refractivity contribution in [3.8, 4) is 0 Å². The standard InChI is InChI=1S/C12H22NO3P/c1-10(2)15-17(14,16-11(3)4)13-9-7-6-8-12(13)5/h6-12H,1-5H3. The van der Waals surface area contributed by atoms with Crippen molar-refractivity contribution in [2.75, 3.05) is 0 Å². The molecule has 0 saturated heterocycles.